The van der Waals surface area contributed by atoms with Gasteiger partial charge in [-0.2, -0.15) is 0 Å². The van der Waals surface area contributed by atoms with Gasteiger partial charge in [0.1, 0.15) is 5.82 Å². The molecule has 0 amide bonds. The van der Waals surface area contributed by atoms with Crippen LogP contribution in [0.2, 0.25) is 0 Å². The molecule has 0 aliphatic rings. The van der Waals surface area contributed by atoms with E-state index >= 15 is 0 Å². The van der Waals surface area contributed by atoms with Crippen molar-refractivity contribution in [2.24, 2.45) is 5.84 Å². The molecule has 3 N–H and O–H groups in total. The summed E-state index contributed by atoms with van der Waals surface area (Å²) in [5.41, 5.74) is 5.45. The molecule has 0 radical (unpaired) electrons. The molecule has 2 aromatic carbocycles. The van der Waals surface area contributed by atoms with Gasteiger partial charge in [-0.1, -0.05) is 36.4 Å². The fraction of sp³-hybridized carbons (Fsp3) is 0.143. The Kier molecular flexibility index (Phi) is 3.52. The Morgan fingerprint density at radius 2 is 1.76 bits per heavy atom. The Bertz CT molecular complexity index is 477. The van der Waals surface area contributed by atoms with Crippen LogP contribution in [0.1, 0.15) is 22.7 Å². The van der Waals surface area contributed by atoms with E-state index in [4.69, 9.17) is 5.84 Å². The van der Waals surface area contributed by atoms with E-state index in [0.717, 1.165) is 16.7 Å². The van der Waals surface area contributed by atoms with Crippen LogP contribution in [-0.2, 0) is 0 Å². The summed E-state index contributed by atoms with van der Waals surface area (Å²) in [4.78, 5) is 0. The highest BCUT2D eigenvalue weighted by molar-refractivity contribution is 5.34. The van der Waals surface area contributed by atoms with Gasteiger partial charge in [0.05, 0.1) is 6.04 Å². The minimum Gasteiger partial charge on any atom is -0.271 e. The van der Waals surface area contributed by atoms with E-state index in [9.17, 15) is 4.39 Å². The molecule has 0 spiro atoms. The minimum atomic E-state index is -0.240. The molecule has 2 nitrogen and oxygen atoms in total. The highest BCUT2D eigenvalue weighted by atomic mass is 19.1. The number of benzene rings is 2. The smallest absolute Gasteiger partial charge is 0.123 e. The summed E-state index contributed by atoms with van der Waals surface area (Å²) in [6.07, 6.45) is 0. The van der Waals surface area contributed by atoms with E-state index in [1.54, 1.807) is 0 Å². The van der Waals surface area contributed by atoms with Crippen LogP contribution in [0, 0.1) is 12.7 Å². The van der Waals surface area contributed by atoms with Crippen LogP contribution < -0.4 is 11.3 Å². The number of nitrogens with one attached hydrogen (secondary N) is 1. The lowest BCUT2D eigenvalue weighted by Crippen LogP contribution is -2.28. The molecule has 0 heterocycles. The van der Waals surface area contributed by atoms with Crippen LogP contribution in [0.15, 0.2) is 48.5 Å². The molecule has 0 saturated heterocycles. The zero-order chi connectivity index (χ0) is 12.3. The van der Waals surface area contributed by atoms with Gasteiger partial charge in [0, 0.05) is 0 Å². The number of nitrogens with two attached hydrogens (primary N) is 1. The van der Waals surface area contributed by atoms with Crippen molar-refractivity contribution in [3.63, 3.8) is 0 Å². The number of hydrogen-bond acceptors (Lipinski definition) is 2. The van der Waals surface area contributed by atoms with E-state index in [1.165, 1.54) is 12.1 Å². The average Bonchev–Trinajstić information content (AvgIpc) is 2.30. The first-order valence-electron chi connectivity index (χ1n) is 5.49. The van der Waals surface area contributed by atoms with Crippen LogP contribution in [0.3, 0.4) is 0 Å². The van der Waals surface area contributed by atoms with E-state index in [0.29, 0.717) is 0 Å². The highest BCUT2D eigenvalue weighted by Gasteiger charge is 2.12. The van der Waals surface area contributed by atoms with Crippen LogP contribution >= 0.6 is 0 Å². The largest absolute Gasteiger partial charge is 0.271 e. The molecule has 1 atom stereocenters. The first-order chi connectivity index (χ1) is 8.20. The molecule has 0 saturated carbocycles. The van der Waals surface area contributed by atoms with Crippen molar-refractivity contribution in [1.29, 1.82) is 0 Å². The maximum Gasteiger partial charge on any atom is 0.123 e. The zero-order valence-corrected chi connectivity index (χ0v) is 9.65. The molecule has 0 bridgehead atoms. The zero-order valence-electron chi connectivity index (χ0n) is 9.65. The second kappa shape index (κ2) is 5.08. The second-order valence-corrected chi connectivity index (χ2v) is 4.07. The molecule has 88 valence electrons. The van der Waals surface area contributed by atoms with Gasteiger partial charge < -0.3 is 0 Å². The molecule has 3 heteroatoms. The van der Waals surface area contributed by atoms with E-state index in [1.807, 2.05) is 43.3 Å². The van der Waals surface area contributed by atoms with E-state index < -0.39 is 0 Å². The van der Waals surface area contributed by atoms with Crippen LogP contribution in [0.5, 0.6) is 0 Å². The summed E-state index contributed by atoms with van der Waals surface area (Å²) >= 11 is 0. The van der Waals surface area contributed by atoms with Crippen molar-refractivity contribution in [3.8, 4) is 0 Å². The number of halogens is 1. The molecule has 0 aliphatic heterocycles. The monoisotopic (exact) mass is 230 g/mol. The quantitative estimate of drug-likeness (QED) is 0.628. The molecular formula is C14H15FN2. The van der Waals surface area contributed by atoms with Gasteiger partial charge in [-0.25, -0.2) is 9.82 Å². The van der Waals surface area contributed by atoms with Crippen molar-refractivity contribution in [2.45, 2.75) is 13.0 Å². The Labute approximate surface area is 100 Å². The lowest BCUT2D eigenvalue weighted by atomic mass is 9.98. The van der Waals surface area contributed by atoms with Crippen molar-refractivity contribution < 1.29 is 4.39 Å². The van der Waals surface area contributed by atoms with Crippen LogP contribution in [0.25, 0.3) is 0 Å². The molecule has 0 aliphatic carbocycles. The van der Waals surface area contributed by atoms with Crippen molar-refractivity contribution in [2.75, 3.05) is 0 Å². The second-order valence-electron chi connectivity index (χ2n) is 4.07. The van der Waals surface area contributed by atoms with Gasteiger partial charge in [-0.3, -0.25) is 5.84 Å². The average molecular weight is 230 g/mol. The Morgan fingerprint density at radius 1 is 1.06 bits per heavy atom. The molecule has 2 aromatic rings. The summed E-state index contributed by atoms with van der Waals surface area (Å²) in [5, 5.41) is 0. The third-order valence-electron chi connectivity index (χ3n) is 2.70. The summed E-state index contributed by atoms with van der Waals surface area (Å²) in [7, 11) is 0. The fourth-order valence-corrected chi connectivity index (χ4v) is 1.96. The van der Waals surface area contributed by atoms with E-state index in [-0.39, 0.29) is 11.9 Å². The third kappa shape index (κ3) is 2.70. The van der Waals surface area contributed by atoms with Gasteiger partial charge in [0.25, 0.3) is 0 Å². The van der Waals surface area contributed by atoms with Crippen molar-refractivity contribution in [1.82, 2.24) is 5.43 Å². The number of aryl methyl sites for hydroxylation is 1. The van der Waals surface area contributed by atoms with Crippen LogP contribution in [-0.4, -0.2) is 0 Å². The first-order valence-corrected chi connectivity index (χ1v) is 5.49. The van der Waals surface area contributed by atoms with Gasteiger partial charge in [0.15, 0.2) is 0 Å². The summed E-state index contributed by atoms with van der Waals surface area (Å²) in [6, 6.07) is 14.5. The molecule has 1 unspecified atom stereocenters. The summed E-state index contributed by atoms with van der Waals surface area (Å²) in [6.45, 7) is 1.87. The van der Waals surface area contributed by atoms with Gasteiger partial charge in [0.2, 0.25) is 0 Å². The Balaban J connectivity index is 2.42. The Morgan fingerprint density at radius 3 is 2.35 bits per heavy atom. The number of hydrogen-bond donors (Lipinski definition) is 2. The standard InChI is InChI=1S/C14H15FN2/c1-10-7-12(9-13(15)8-10)14(17-16)11-5-3-2-4-6-11/h2-9,14,17H,16H2,1H3. The van der Waals surface area contributed by atoms with Crippen molar-refractivity contribution in [3.05, 3.63) is 71.0 Å². The maximum atomic E-state index is 13.4. The SMILES string of the molecule is Cc1cc(F)cc(C(NN)c2ccccc2)c1. The minimum absolute atomic E-state index is 0.189. The number of hydrazine groups is 1. The molecule has 0 fully saturated rings. The predicted octanol–water partition coefficient (Wildman–Crippen LogP) is 2.69. The van der Waals surface area contributed by atoms with Crippen molar-refractivity contribution >= 4 is 0 Å². The predicted molar refractivity (Wildman–Crippen MR) is 66.7 cm³/mol. The Hall–Kier alpha value is -1.71. The van der Waals surface area contributed by atoms with Gasteiger partial charge in [-0.05, 0) is 35.7 Å². The summed E-state index contributed by atoms with van der Waals surface area (Å²) in [5.74, 6) is 5.32. The van der Waals surface area contributed by atoms with Gasteiger partial charge in [-0.15, -0.1) is 0 Å². The van der Waals surface area contributed by atoms with Crippen LogP contribution in [0.4, 0.5) is 4.39 Å². The maximum absolute atomic E-state index is 13.4. The highest BCUT2D eigenvalue weighted by Crippen LogP contribution is 2.22. The molecule has 0 aromatic heterocycles. The molecular weight excluding hydrogens is 215 g/mol. The summed E-state index contributed by atoms with van der Waals surface area (Å²) < 4.78 is 13.4. The molecule has 17 heavy (non-hydrogen) atoms. The lowest BCUT2D eigenvalue weighted by Gasteiger charge is -2.17. The number of rotatable bonds is 3. The third-order valence-corrected chi connectivity index (χ3v) is 2.70. The van der Waals surface area contributed by atoms with Gasteiger partial charge >= 0.3 is 0 Å². The normalized spacial score (nSPS) is 12.4. The topological polar surface area (TPSA) is 38.0 Å². The van der Waals surface area contributed by atoms with E-state index in [2.05, 4.69) is 5.43 Å². The lowest BCUT2D eigenvalue weighted by molar-refractivity contribution is 0.604. The first kappa shape index (κ1) is 11.8. The molecule has 2 rings (SSSR count). The fourth-order valence-electron chi connectivity index (χ4n) is 1.96.